The smallest absolute Gasteiger partial charge is 0.220 e. The first-order valence-electron chi connectivity index (χ1n) is 32.2. The van der Waals surface area contributed by atoms with E-state index in [0.29, 0.717) is 12.8 Å². The molecule has 2 saturated heterocycles. The lowest BCUT2D eigenvalue weighted by molar-refractivity contribution is -0.359. The van der Waals surface area contributed by atoms with Gasteiger partial charge in [-0.15, -0.1) is 0 Å². The zero-order valence-electron chi connectivity index (χ0n) is 49.4. The molecule has 0 aromatic carbocycles. The summed E-state index contributed by atoms with van der Waals surface area (Å²) in [6, 6.07) is -0.934. The molecule has 2 fully saturated rings. The van der Waals surface area contributed by atoms with Crippen LogP contribution in [-0.2, 0) is 23.7 Å². The number of aliphatic hydroxyl groups is 8. The van der Waals surface area contributed by atoms with Gasteiger partial charge in [-0.2, -0.15) is 0 Å². The molecule has 2 aliphatic heterocycles. The van der Waals surface area contributed by atoms with E-state index in [9.17, 15) is 45.6 Å². The van der Waals surface area contributed by atoms with E-state index >= 15 is 0 Å². The Balaban J connectivity index is 1.55. The molecule has 2 rings (SSSR count). The molecule has 0 saturated carbocycles. The highest BCUT2D eigenvalue weighted by Gasteiger charge is 2.51. The molecule has 1 amide bonds. The average Bonchev–Trinajstić information content (AvgIpc) is 3.47. The molecule has 458 valence electrons. The van der Waals surface area contributed by atoms with E-state index in [2.05, 4.69) is 30.5 Å². The van der Waals surface area contributed by atoms with Gasteiger partial charge >= 0.3 is 0 Å². The van der Waals surface area contributed by atoms with Gasteiger partial charge in [0.2, 0.25) is 5.91 Å². The van der Waals surface area contributed by atoms with Crippen molar-refractivity contribution in [1.82, 2.24) is 5.32 Å². The molecule has 12 atom stereocenters. The molecule has 2 aliphatic rings. The second-order valence-electron chi connectivity index (χ2n) is 22.9. The Morgan fingerprint density at radius 3 is 1.26 bits per heavy atom. The standard InChI is InChI=1S/C64H119NO13/c1-3-5-7-9-11-13-14-15-16-17-18-19-20-21-22-23-24-25-26-27-28-29-30-31-32-33-34-35-36-37-38-40-42-44-46-48-56(69)65-52(53(68)47-45-43-41-39-12-10-8-6-4-2)51-75-63-61(74)59(72)62(55(50-67)77-63)78-64-60(73)58(71)57(70)54(49-66)76-64/h4,6,12,39,45,47,52-55,57-64,66-68,70-74H,3,5,7-11,13-38,40-44,46,48-51H2,1-2H3,(H,65,69)/b6-4+,39-12+,47-45+. The van der Waals surface area contributed by atoms with E-state index in [1.807, 2.05) is 19.1 Å². The fourth-order valence-corrected chi connectivity index (χ4v) is 10.7. The number of aliphatic hydroxyl groups excluding tert-OH is 8. The second-order valence-corrected chi connectivity index (χ2v) is 22.9. The third-order valence-electron chi connectivity index (χ3n) is 15.9. The van der Waals surface area contributed by atoms with Gasteiger partial charge in [0, 0.05) is 6.42 Å². The lowest BCUT2D eigenvalue weighted by atomic mass is 9.97. The molecule has 0 radical (unpaired) electrons. The molecule has 78 heavy (non-hydrogen) atoms. The quantitative estimate of drug-likeness (QED) is 0.0204. The van der Waals surface area contributed by atoms with Crippen molar-refractivity contribution in [2.24, 2.45) is 0 Å². The summed E-state index contributed by atoms with van der Waals surface area (Å²) < 4.78 is 22.7. The third-order valence-corrected chi connectivity index (χ3v) is 15.9. The van der Waals surface area contributed by atoms with Gasteiger partial charge in [0.05, 0.1) is 32.0 Å². The topological polar surface area (TPSA) is 228 Å². The second kappa shape index (κ2) is 49.8. The summed E-state index contributed by atoms with van der Waals surface area (Å²) >= 11 is 0. The minimum absolute atomic E-state index is 0.252. The van der Waals surface area contributed by atoms with Crippen LogP contribution in [0, 0.1) is 0 Å². The highest BCUT2D eigenvalue weighted by molar-refractivity contribution is 5.76. The van der Waals surface area contributed by atoms with Crippen LogP contribution in [0.25, 0.3) is 0 Å². The van der Waals surface area contributed by atoms with Gasteiger partial charge in [0.25, 0.3) is 0 Å². The minimum Gasteiger partial charge on any atom is -0.394 e. The van der Waals surface area contributed by atoms with Crippen LogP contribution in [0.15, 0.2) is 36.5 Å². The predicted molar refractivity (Wildman–Crippen MR) is 314 cm³/mol. The molecule has 0 spiro atoms. The number of amides is 1. The van der Waals surface area contributed by atoms with Crippen LogP contribution in [0.3, 0.4) is 0 Å². The van der Waals surface area contributed by atoms with Crippen molar-refractivity contribution in [2.45, 2.75) is 344 Å². The van der Waals surface area contributed by atoms with E-state index in [-0.39, 0.29) is 18.9 Å². The van der Waals surface area contributed by atoms with E-state index in [1.54, 1.807) is 6.08 Å². The summed E-state index contributed by atoms with van der Waals surface area (Å²) in [5, 5.41) is 86.8. The molecule has 2 heterocycles. The van der Waals surface area contributed by atoms with Crippen molar-refractivity contribution in [3.8, 4) is 0 Å². The summed E-state index contributed by atoms with van der Waals surface area (Å²) in [7, 11) is 0. The number of hydrogen-bond donors (Lipinski definition) is 9. The number of carbonyl (C=O) groups is 1. The van der Waals surface area contributed by atoms with Gasteiger partial charge < -0.3 is 65.1 Å². The van der Waals surface area contributed by atoms with Crippen LogP contribution >= 0.6 is 0 Å². The van der Waals surface area contributed by atoms with Gasteiger partial charge in [-0.1, -0.05) is 262 Å². The van der Waals surface area contributed by atoms with Gasteiger partial charge in [-0.25, -0.2) is 0 Å². The zero-order chi connectivity index (χ0) is 56.7. The Morgan fingerprint density at radius 2 is 0.846 bits per heavy atom. The molecular formula is C64H119NO13. The van der Waals surface area contributed by atoms with Crippen molar-refractivity contribution in [1.29, 1.82) is 0 Å². The molecule has 9 N–H and O–H groups in total. The molecule has 12 unspecified atom stereocenters. The fraction of sp³-hybridized carbons (Fsp3) is 0.891. The van der Waals surface area contributed by atoms with Crippen molar-refractivity contribution in [3.05, 3.63) is 36.5 Å². The van der Waals surface area contributed by atoms with Crippen LogP contribution in [0.1, 0.15) is 271 Å². The van der Waals surface area contributed by atoms with Crippen LogP contribution in [0.4, 0.5) is 0 Å². The zero-order valence-corrected chi connectivity index (χ0v) is 49.4. The number of unbranched alkanes of at least 4 members (excludes halogenated alkanes) is 36. The monoisotopic (exact) mass is 1110 g/mol. The Morgan fingerprint density at radius 1 is 0.474 bits per heavy atom. The molecule has 14 heteroatoms. The Kier molecular flexibility index (Phi) is 46.2. The normalized spacial score (nSPS) is 24.7. The van der Waals surface area contributed by atoms with E-state index in [1.165, 1.54) is 199 Å². The number of ether oxygens (including phenoxy) is 4. The van der Waals surface area contributed by atoms with Crippen molar-refractivity contribution < 1.29 is 64.6 Å². The van der Waals surface area contributed by atoms with E-state index < -0.39 is 86.8 Å². The summed E-state index contributed by atoms with van der Waals surface area (Å²) in [6.07, 6.45) is 45.6. The first-order chi connectivity index (χ1) is 38.1. The molecule has 0 aromatic heterocycles. The van der Waals surface area contributed by atoms with Crippen LogP contribution in [-0.4, -0.2) is 140 Å². The molecule has 0 bridgehead atoms. The first-order valence-corrected chi connectivity index (χ1v) is 32.2. The summed E-state index contributed by atoms with van der Waals surface area (Å²) in [5.41, 5.74) is 0. The fourth-order valence-electron chi connectivity index (χ4n) is 10.7. The Bertz CT molecular complexity index is 1450. The number of carbonyl (C=O) groups excluding carboxylic acids is 1. The number of rotatable bonds is 52. The summed E-state index contributed by atoms with van der Waals surface area (Å²) in [4.78, 5) is 13.2. The van der Waals surface area contributed by atoms with Gasteiger partial charge in [-0.3, -0.25) is 4.79 Å². The third kappa shape index (κ3) is 34.6. The highest BCUT2D eigenvalue weighted by Crippen LogP contribution is 2.30. The molecular weight excluding hydrogens is 991 g/mol. The molecule has 14 nitrogen and oxygen atoms in total. The van der Waals surface area contributed by atoms with Gasteiger partial charge in [0.1, 0.15) is 48.8 Å². The highest BCUT2D eigenvalue weighted by atomic mass is 16.7. The van der Waals surface area contributed by atoms with Crippen molar-refractivity contribution in [2.75, 3.05) is 19.8 Å². The largest absolute Gasteiger partial charge is 0.394 e. The van der Waals surface area contributed by atoms with E-state index in [0.717, 1.165) is 38.5 Å². The Hall–Kier alpha value is -1.79. The predicted octanol–water partition coefficient (Wildman–Crippen LogP) is 11.8. The average molecular weight is 1110 g/mol. The van der Waals surface area contributed by atoms with Gasteiger partial charge in [-0.05, 0) is 39.0 Å². The maximum atomic E-state index is 13.2. The summed E-state index contributed by atoms with van der Waals surface area (Å²) in [6.45, 7) is 2.55. The molecule has 0 aromatic rings. The lowest BCUT2D eigenvalue weighted by Crippen LogP contribution is -2.65. The Labute approximate surface area is 474 Å². The van der Waals surface area contributed by atoms with Crippen LogP contribution in [0.5, 0.6) is 0 Å². The SMILES string of the molecule is C/C=C/CC/C=C/CC/C=C/C(O)C(COC1OC(CO)C(OC2OC(CO)C(O)C(O)C2O)C(O)C1O)NC(=O)CCCCCCCCCCCCCCCCCCCCCCCCCCCCCCCCCCCCC. The number of allylic oxidation sites excluding steroid dienone is 5. The maximum Gasteiger partial charge on any atom is 0.220 e. The number of nitrogens with one attached hydrogen (secondary N) is 1. The van der Waals surface area contributed by atoms with E-state index in [4.69, 9.17) is 18.9 Å². The minimum atomic E-state index is -1.79. The molecule has 0 aliphatic carbocycles. The van der Waals surface area contributed by atoms with Crippen molar-refractivity contribution >= 4 is 5.91 Å². The first kappa shape index (κ1) is 72.3. The number of hydrogen-bond acceptors (Lipinski definition) is 13. The van der Waals surface area contributed by atoms with Crippen LogP contribution < -0.4 is 5.32 Å². The van der Waals surface area contributed by atoms with Crippen molar-refractivity contribution in [3.63, 3.8) is 0 Å². The van der Waals surface area contributed by atoms with Gasteiger partial charge in [0.15, 0.2) is 12.6 Å². The lowest BCUT2D eigenvalue weighted by Gasteiger charge is -2.46. The summed E-state index contributed by atoms with van der Waals surface area (Å²) in [5.74, 6) is -0.252. The van der Waals surface area contributed by atoms with Crippen LogP contribution in [0.2, 0.25) is 0 Å². The maximum absolute atomic E-state index is 13.2.